The zero-order valence-electron chi connectivity index (χ0n) is 18.6. The molecule has 2 N–H and O–H groups in total. The normalized spacial score (nSPS) is 26.8. The largest absolute Gasteiger partial charge is 0.383 e. The summed E-state index contributed by atoms with van der Waals surface area (Å²) in [5.74, 6) is 1.44. The number of guanidine groups is 1. The molecule has 0 radical (unpaired) electrons. The molecule has 0 aliphatic carbocycles. The van der Waals surface area contributed by atoms with Crippen molar-refractivity contribution in [1.29, 1.82) is 0 Å². The highest BCUT2D eigenvalue weighted by molar-refractivity contribution is 14.0. The van der Waals surface area contributed by atoms with Crippen molar-refractivity contribution in [3.63, 3.8) is 0 Å². The Labute approximate surface area is 189 Å². The number of ether oxygens (including phenoxy) is 2. The molecular formula is C21H43IN4O2. The van der Waals surface area contributed by atoms with Crippen LogP contribution >= 0.6 is 24.0 Å². The smallest absolute Gasteiger partial charge is 0.191 e. The minimum Gasteiger partial charge on any atom is -0.383 e. The molecule has 2 aliphatic rings. The number of hydrogen-bond acceptors (Lipinski definition) is 4. The monoisotopic (exact) mass is 510 g/mol. The van der Waals surface area contributed by atoms with Crippen molar-refractivity contribution in [2.75, 3.05) is 53.0 Å². The molecule has 3 unspecified atom stereocenters. The van der Waals surface area contributed by atoms with Crippen LogP contribution in [0.5, 0.6) is 0 Å². The van der Waals surface area contributed by atoms with E-state index >= 15 is 0 Å². The van der Waals surface area contributed by atoms with Crippen molar-refractivity contribution in [3.05, 3.63) is 0 Å². The zero-order valence-corrected chi connectivity index (χ0v) is 21.0. The lowest BCUT2D eigenvalue weighted by Crippen LogP contribution is -2.46. The van der Waals surface area contributed by atoms with Gasteiger partial charge in [-0.3, -0.25) is 9.89 Å². The van der Waals surface area contributed by atoms with E-state index in [-0.39, 0.29) is 35.5 Å². The number of methoxy groups -OCH3 is 1. The molecule has 0 aromatic heterocycles. The van der Waals surface area contributed by atoms with Gasteiger partial charge >= 0.3 is 0 Å². The van der Waals surface area contributed by atoms with Gasteiger partial charge in [0.2, 0.25) is 0 Å². The van der Waals surface area contributed by atoms with E-state index < -0.39 is 0 Å². The Balaban J connectivity index is 0.00000392. The predicted molar refractivity (Wildman–Crippen MR) is 128 cm³/mol. The lowest BCUT2D eigenvalue weighted by Gasteiger charge is -2.39. The van der Waals surface area contributed by atoms with Crippen LogP contribution in [0.4, 0.5) is 0 Å². The fourth-order valence-corrected chi connectivity index (χ4v) is 4.38. The SMILES string of the molecule is CCNC(=NCC1CCCOC1C(C)(C)C)NCC1CCCN1CCOC.I. The van der Waals surface area contributed by atoms with E-state index in [1.54, 1.807) is 7.11 Å². The number of nitrogens with zero attached hydrogens (tertiary/aromatic N) is 2. The van der Waals surface area contributed by atoms with Gasteiger partial charge in [-0.1, -0.05) is 20.8 Å². The number of rotatable bonds is 8. The predicted octanol–water partition coefficient (Wildman–Crippen LogP) is 3.11. The Bertz CT molecular complexity index is 456. The molecular weight excluding hydrogens is 467 g/mol. The van der Waals surface area contributed by atoms with Gasteiger partial charge in [-0.25, -0.2) is 0 Å². The molecule has 2 aliphatic heterocycles. The molecule has 0 aromatic carbocycles. The highest BCUT2D eigenvalue weighted by atomic mass is 127. The summed E-state index contributed by atoms with van der Waals surface area (Å²) in [4.78, 5) is 7.45. The number of halogens is 1. The lowest BCUT2D eigenvalue weighted by atomic mass is 9.78. The average molecular weight is 511 g/mol. The van der Waals surface area contributed by atoms with Gasteiger partial charge in [-0.05, 0) is 44.6 Å². The fraction of sp³-hybridized carbons (Fsp3) is 0.952. The van der Waals surface area contributed by atoms with Crippen LogP contribution in [0.25, 0.3) is 0 Å². The summed E-state index contributed by atoms with van der Waals surface area (Å²) in [7, 11) is 1.78. The number of likely N-dealkylation sites (tertiary alicyclic amines) is 1. The molecule has 2 fully saturated rings. The topological polar surface area (TPSA) is 58.1 Å². The maximum atomic E-state index is 6.11. The van der Waals surface area contributed by atoms with Gasteiger partial charge in [0.1, 0.15) is 0 Å². The minimum atomic E-state index is 0. The number of hydrogen-bond donors (Lipinski definition) is 2. The minimum absolute atomic E-state index is 0. The van der Waals surface area contributed by atoms with Crippen molar-refractivity contribution in [2.45, 2.75) is 65.5 Å². The average Bonchev–Trinajstić information content (AvgIpc) is 3.09. The van der Waals surface area contributed by atoms with E-state index in [0.29, 0.717) is 12.0 Å². The highest BCUT2D eigenvalue weighted by Gasteiger charge is 2.35. The van der Waals surface area contributed by atoms with Crippen LogP contribution in [-0.2, 0) is 9.47 Å². The van der Waals surface area contributed by atoms with Crippen LogP contribution in [0.15, 0.2) is 4.99 Å². The second-order valence-electron chi connectivity index (χ2n) is 8.99. The van der Waals surface area contributed by atoms with E-state index in [4.69, 9.17) is 14.5 Å². The standard InChI is InChI=1S/C21H42N4O2.HI/c1-6-22-20(24-16-18-10-7-11-25(18)12-14-26-5)23-15-17-9-8-13-27-19(17)21(2,3)4;/h17-19H,6-16H2,1-5H3,(H2,22,23,24);1H. The molecule has 0 amide bonds. The van der Waals surface area contributed by atoms with Crippen LogP contribution in [0, 0.1) is 11.3 Å². The lowest BCUT2D eigenvalue weighted by molar-refractivity contribution is -0.0823. The molecule has 2 rings (SSSR count). The Morgan fingerprint density at radius 3 is 2.68 bits per heavy atom. The van der Waals surface area contributed by atoms with E-state index in [9.17, 15) is 0 Å². The van der Waals surface area contributed by atoms with E-state index in [0.717, 1.165) is 51.8 Å². The molecule has 166 valence electrons. The van der Waals surface area contributed by atoms with E-state index in [2.05, 4.69) is 43.2 Å². The first-order chi connectivity index (χ1) is 13.0. The molecule has 0 aromatic rings. The fourth-order valence-electron chi connectivity index (χ4n) is 4.38. The van der Waals surface area contributed by atoms with Gasteiger partial charge in [-0.2, -0.15) is 0 Å². The molecule has 3 atom stereocenters. The third-order valence-electron chi connectivity index (χ3n) is 5.71. The first kappa shape index (κ1) is 25.9. The first-order valence-corrected chi connectivity index (χ1v) is 10.8. The van der Waals surface area contributed by atoms with Crippen LogP contribution in [0.2, 0.25) is 0 Å². The Kier molecular flexibility index (Phi) is 12.3. The Morgan fingerprint density at radius 1 is 1.21 bits per heavy atom. The van der Waals surface area contributed by atoms with E-state index in [1.807, 2.05) is 0 Å². The summed E-state index contributed by atoms with van der Waals surface area (Å²) < 4.78 is 11.4. The van der Waals surface area contributed by atoms with Crippen molar-refractivity contribution in [1.82, 2.24) is 15.5 Å². The van der Waals surface area contributed by atoms with Crippen LogP contribution in [0.1, 0.15) is 53.4 Å². The van der Waals surface area contributed by atoms with Crippen molar-refractivity contribution in [3.8, 4) is 0 Å². The molecule has 7 heteroatoms. The molecule has 2 heterocycles. The molecule has 6 nitrogen and oxygen atoms in total. The van der Waals surface area contributed by atoms with Crippen LogP contribution < -0.4 is 10.6 Å². The Hall–Kier alpha value is -0.120. The van der Waals surface area contributed by atoms with Gasteiger partial charge in [-0.15, -0.1) is 24.0 Å². The summed E-state index contributed by atoms with van der Waals surface area (Å²) in [5, 5.41) is 6.99. The number of aliphatic imine (C=N–C) groups is 1. The van der Waals surface area contributed by atoms with Gasteiger partial charge in [0, 0.05) is 51.9 Å². The third kappa shape index (κ3) is 8.32. The number of nitrogens with one attached hydrogen (secondary N) is 2. The van der Waals surface area contributed by atoms with Gasteiger partial charge < -0.3 is 20.1 Å². The molecule has 28 heavy (non-hydrogen) atoms. The van der Waals surface area contributed by atoms with Gasteiger partial charge in [0.25, 0.3) is 0 Å². The first-order valence-electron chi connectivity index (χ1n) is 10.8. The second kappa shape index (κ2) is 13.2. The van der Waals surface area contributed by atoms with Crippen molar-refractivity contribution in [2.24, 2.45) is 16.3 Å². The summed E-state index contributed by atoms with van der Waals surface area (Å²) in [6, 6.07) is 0.573. The van der Waals surface area contributed by atoms with Gasteiger partial charge in [0.15, 0.2) is 5.96 Å². The van der Waals surface area contributed by atoms with Crippen molar-refractivity contribution < 1.29 is 9.47 Å². The van der Waals surface area contributed by atoms with Gasteiger partial charge in [0.05, 0.1) is 12.7 Å². The summed E-state index contributed by atoms with van der Waals surface area (Å²) in [5.41, 5.74) is 0.165. The second-order valence-corrected chi connectivity index (χ2v) is 8.99. The van der Waals surface area contributed by atoms with Crippen LogP contribution in [-0.4, -0.2) is 76.1 Å². The maximum Gasteiger partial charge on any atom is 0.191 e. The van der Waals surface area contributed by atoms with Crippen molar-refractivity contribution >= 4 is 29.9 Å². The molecule has 0 spiro atoms. The summed E-state index contributed by atoms with van der Waals surface area (Å²) in [6.45, 7) is 15.5. The zero-order chi connectivity index (χ0) is 19.7. The quantitative estimate of drug-likeness (QED) is 0.299. The molecule has 0 bridgehead atoms. The third-order valence-corrected chi connectivity index (χ3v) is 5.71. The molecule has 0 saturated carbocycles. The highest BCUT2D eigenvalue weighted by Crippen LogP contribution is 2.34. The summed E-state index contributed by atoms with van der Waals surface area (Å²) in [6.07, 6.45) is 5.16. The molecule has 2 saturated heterocycles. The van der Waals surface area contributed by atoms with E-state index in [1.165, 1.54) is 25.8 Å². The van der Waals surface area contributed by atoms with Crippen LogP contribution in [0.3, 0.4) is 0 Å². The Morgan fingerprint density at radius 2 is 2.00 bits per heavy atom. The summed E-state index contributed by atoms with van der Waals surface area (Å²) >= 11 is 0. The maximum absolute atomic E-state index is 6.11.